The molecule has 364 valence electrons. The molecule has 2 heterocycles. The molecule has 0 amide bonds. The lowest BCUT2D eigenvalue weighted by Gasteiger charge is -2.40. The number of unbranched alkanes of at least 4 members (excludes halogenated alkanes) is 2. The van der Waals surface area contributed by atoms with Gasteiger partial charge >= 0.3 is 0 Å². The standard InChI is InChI=1S/C61H74N2O6/c1-5-49-14-26-55(27-15-49)63(57-30-18-51(19-31-57)41-65-37-9-11-39-67-43-61(7-3)46-69-47-61)59-34-22-53(23-35-59)52-20-32-58(33-21-52)62(54-24-12-48(4)13-25-54)56-28-16-50(17-29-56)40-64-36-8-10-38-66-42-60(6-2)44-68-45-60/h12-35H,5-11,36-47H2,1-4H3. The fourth-order valence-electron chi connectivity index (χ4n) is 8.89. The molecule has 2 aliphatic heterocycles. The zero-order valence-corrected chi connectivity index (χ0v) is 41.6. The Morgan fingerprint density at radius 2 is 0.696 bits per heavy atom. The zero-order valence-electron chi connectivity index (χ0n) is 41.6. The van der Waals surface area contributed by atoms with Crippen molar-refractivity contribution in [3.8, 4) is 11.1 Å². The predicted molar refractivity (Wildman–Crippen MR) is 282 cm³/mol. The molecule has 2 aliphatic rings. The van der Waals surface area contributed by atoms with Gasteiger partial charge in [0.25, 0.3) is 0 Å². The average Bonchev–Trinajstić information content (AvgIpc) is 3.37. The van der Waals surface area contributed by atoms with E-state index in [-0.39, 0.29) is 10.8 Å². The van der Waals surface area contributed by atoms with Crippen molar-refractivity contribution in [3.63, 3.8) is 0 Å². The second-order valence-electron chi connectivity index (χ2n) is 19.3. The minimum absolute atomic E-state index is 0.244. The first kappa shape index (κ1) is 50.1. The van der Waals surface area contributed by atoms with E-state index >= 15 is 0 Å². The highest BCUT2D eigenvalue weighted by atomic mass is 16.5. The van der Waals surface area contributed by atoms with E-state index in [0.29, 0.717) is 13.2 Å². The van der Waals surface area contributed by atoms with Gasteiger partial charge in [-0.15, -0.1) is 0 Å². The summed E-state index contributed by atoms with van der Waals surface area (Å²) in [5, 5.41) is 0. The number of hydrogen-bond acceptors (Lipinski definition) is 8. The second kappa shape index (κ2) is 25.0. The largest absolute Gasteiger partial charge is 0.381 e. The molecule has 2 saturated heterocycles. The summed E-state index contributed by atoms with van der Waals surface area (Å²) in [6.45, 7) is 17.9. The van der Waals surface area contributed by atoms with E-state index in [0.717, 1.165) is 167 Å². The summed E-state index contributed by atoms with van der Waals surface area (Å²) in [5.41, 5.74) is 14.3. The van der Waals surface area contributed by atoms with Crippen molar-refractivity contribution in [1.82, 2.24) is 0 Å². The van der Waals surface area contributed by atoms with Crippen LogP contribution in [0.2, 0.25) is 0 Å². The number of benzene rings is 6. The maximum atomic E-state index is 6.08. The normalized spacial score (nSPS) is 14.8. The molecule has 6 aromatic carbocycles. The van der Waals surface area contributed by atoms with Gasteiger partial charge in [0.15, 0.2) is 0 Å². The highest BCUT2D eigenvalue weighted by Gasteiger charge is 2.37. The third kappa shape index (κ3) is 13.5. The number of ether oxygens (including phenoxy) is 6. The number of hydrogen-bond donors (Lipinski definition) is 0. The SMILES string of the molecule is CCc1ccc(N(c2ccc(COCCCCOCC3(CC)COC3)cc2)c2ccc(-c3ccc(N(c4ccc(C)cc4)c4ccc(COCCCCOCC5(CC)COC5)cc4)cc3)cc2)cc1. The molecule has 0 bridgehead atoms. The Bertz CT molecular complexity index is 2400. The maximum Gasteiger partial charge on any atom is 0.0716 e. The molecule has 2 fully saturated rings. The molecule has 0 N–H and O–H groups in total. The van der Waals surface area contributed by atoms with Crippen molar-refractivity contribution >= 4 is 34.1 Å². The van der Waals surface area contributed by atoms with Crippen LogP contribution in [0.1, 0.15) is 81.5 Å². The Morgan fingerprint density at radius 1 is 0.391 bits per heavy atom. The van der Waals surface area contributed by atoms with Gasteiger partial charge in [-0.2, -0.15) is 0 Å². The minimum Gasteiger partial charge on any atom is -0.381 e. The Balaban J connectivity index is 0.877. The molecule has 0 spiro atoms. The molecule has 69 heavy (non-hydrogen) atoms. The summed E-state index contributed by atoms with van der Waals surface area (Å²) < 4.78 is 34.9. The van der Waals surface area contributed by atoms with E-state index in [1.165, 1.54) is 11.1 Å². The van der Waals surface area contributed by atoms with Crippen molar-refractivity contribution in [2.45, 2.75) is 85.9 Å². The Kier molecular flexibility index (Phi) is 18.1. The van der Waals surface area contributed by atoms with E-state index in [1.807, 2.05) is 0 Å². The Labute approximate surface area is 412 Å². The highest BCUT2D eigenvalue weighted by molar-refractivity contribution is 5.81. The molecule has 8 heteroatoms. The van der Waals surface area contributed by atoms with Crippen LogP contribution in [0.15, 0.2) is 146 Å². The number of anilines is 6. The fourth-order valence-corrected chi connectivity index (χ4v) is 8.89. The van der Waals surface area contributed by atoms with Crippen molar-refractivity contribution < 1.29 is 28.4 Å². The van der Waals surface area contributed by atoms with Gasteiger partial charge in [-0.05, 0) is 152 Å². The molecule has 8 nitrogen and oxygen atoms in total. The van der Waals surface area contributed by atoms with Crippen molar-refractivity contribution in [3.05, 3.63) is 168 Å². The number of nitrogens with zero attached hydrogens (tertiary/aromatic N) is 2. The lowest BCUT2D eigenvalue weighted by molar-refractivity contribution is -0.150. The van der Waals surface area contributed by atoms with Crippen LogP contribution < -0.4 is 9.80 Å². The summed E-state index contributed by atoms with van der Waals surface area (Å²) >= 11 is 0. The van der Waals surface area contributed by atoms with Gasteiger partial charge < -0.3 is 38.2 Å². The number of rotatable bonds is 28. The summed E-state index contributed by atoms with van der Waals surface area (Å²) in [5.74, 6) is 0. The smallest absolute Gasteiger partial charge is 0.0716 e. The van der Waals surface area contributed by atoms with Crippen LogP contribution in [-0.2, 0) is 48.1 Å². The minimum atomic E-state index is 0.244. The van der Waals surface area contributed by atoms with Crippen LogP contribution in [0, 0.1) is 17.8 Å². The van der Waals surface area contributed by atoms with Crippen LogP contribution in [0.4, 0.5) is 34.1 Å². The third-order valence-corrected chi connectivity index (χ3v) is 14.0. The molecule has 0 atom stereocenters. The first-order valence-electron chi connectivity index (χ1n) is 25.5. The van der Waals surface area contributed by atoms with Crippen molar-refractivity contribution in [2.24, 2.45) is 10.8 Å². The zero-order chi connectivity index (χ0) is 47.7. The number of aryl methyl sites for hydroxylation is 2. The van der Waals surface area contributed by atoms with Gasteiger partial charge in [0.1, 0.15) is 0 Å². The molecule has 0 saturated carbocycles. The van der Waals surface area contributed by atoms with Crippen molar-refractivity contribution in [2.75, 3.05) is 75.9 Å². The van der Waals surface area contributed by atoms with Crippen LogP contribution in [0.3, 0.4) is 0 Å². The van der Waals surface area contributed by atoms with Crippen LogP contribution in [0.25, 0.3) is 11.1 Å². The molecule has 0 aliphatic carbocycles. The quantitative estimate of drug-likeness (QED) is 0.0451. The fraction of sp³-hybridized carbons (Fsp3) is 0.410. The van der Waals surface area contributed by atoms with Crippen LogP contribution in [-0.4, -0.2) is 66.1 Å². The second-order valence-corrected chi connectivity index (χ2v) is 19.3. The van der Waals surface area contributed by atoms with Gasteiger partial charge in [0, 0.05) is 71.4 Å². The summed E-state index contributed by atoms with van der Waals surface area (Å²) in [7, 11) is 0. The van der Waals surface area contributed by atoms with E-state index < -0.39 is 0 Å². The van der Waals surface area contributed by atoms with Gasteiger partial charge in [0.05, 0.1) is 52.9 Å². The molecular weight excluding hydrogens is 857 g/mol. The van der Waals surface area contributed by atoms with Crippen LogP contribution >= 0.6 is 0 Å². The topological polar surface area (TPSA) is 61.9 Å². The monoisotopic (exact) mass is 931 g/mol. The molecule has 0 aromatic heterocycles. The van der Waals surface area contributed by atoms with Gasteiger partial charge in [-0.3, -0.25) is 0 Å². The first-order chi connectivity index (χ1) is 33.9. The Morgan fingerprint density at radius 3 is 1.00 bits per heavy atom. The van der Waals surface area contributed by atoms with E-state index in [9.17, 15) is 0 Å². The predicted octanol–water partition coefficient (Wildman–Crippen LogP) is 14.6. The van der Waals surface area contributed by atoms with Crippen LogP contribution in [0.5, 0.6) is 0 Å². The van der Waals surface area contributed by atoms with Gasteiger partial charge in [-0.1, -0.05) is 99.1 Å². The van der Waals surface area contributed by atoms with E-state index in [4.69, 9.17) is 28.4 Å². The van der Waals surface area contributed by atoms with Gasteiger partial charge in [0.2, 0.25) is 0 Å². The lowest BCUT2D eigenvalue weighted by atomic mass is 9.84. The summed E-state index contributed by atoms with van der Waals surface area (Å²) in [4.78, 5) is 4.65. The molecule has 0 unspecified atom stereocenters. The average molecular weight is 931 g/mol. The van der Waals surface area contributed by atoms with E-state index in [2.05, 4.69) is 183 Å². The molecule has 6 aromatic rings. The van der Waals surface area contributed by atoms with E-state index in [1.54, 1.807) is 0 Å². The lowest BCUT2D eigenvalue weighted by Crippen LogP contribution is -2.45. The molecular formula is C61H74N2O6. The summed E-state index contributed by atoms with van der Waals surface area (Å²) in [6, 6.07) is 53.0. The summed E-state index contributed by atoms with van der Waals surface area (Å²) in [6.07, 6.45) is 7.21. The molecule has 8 rings (SSSR count). The molecule has 0 radical (unpaired) electrons. The third-order valence-electron chi connectivity index (χ3n) is 14.0. The Hall–Kier alpha value is -5.32. The highest BCUT2D eigenvalue weighted by Crippen LogP contribution is 2.39. The first-order valence-corrected chi connectivity index (χ1v) is 25.5. The van der Waals surface area contributed by atoms with Crippen molar-refractivity contribution in [1.29, 1.82) is 0 Å². The van der Waals surface area contributed by atoms with Gasteiger partial charge in [-0.25, -0.2) is 0 Å². The maximum absolute atomic E-state index is 6.08.